The summed E-state index contributed by atoms with van der Waals surface area (Å²) in [6.45, 7) is 3.52. The highest BCUT2D eigenvalue weighted by Gasteiger charge is 2.28. The number of sulfonamides is 1. The van der Waals surface area contributed by atoms with Gasteiger partial charge < -0.3 is 10.3 Å². The van der Waals surface area contributed by atoms with Crippen LogP contribution >= 0.6 is 0 Å². The zero-order valence-electron chi connectivity index (χ0n) is 10.2. The average molecular weight is 269 g/mol. The molecule has 0 amide bonds. The summed E-state index contributed by atoms with van der Waals surface area (Å²) in [6.07, 6.45) is 5.28. The van der Waals surface area contributed by atoms with Crippen molar-refractivity contribution in [2.75, 3.05) is 4.72 Å². The van der Waals surface area contributed by atoms with Crippen LogP contribution < -0.4 is 10.5 Å². The third kappa shape index (κ3) is 2.62. The van der Waals surface area contributed by atoms with Crippen molar-refractivity contribution in [3.05, 3.63) is 35.0 Å². The summed E-state index contributed by atoms with van der Waals surface area (Å²) in [6, 6.07) is 1.43. The Hall–Kier alpha value is -1.60. The first-order valence-electron chi connectivity index (χ1n) is 5.42. The number of nitrogens with one attached hydrogen (secondary N) is 1. The molecule has 1 heterocycles. The van der Waals surface area contributed by atoms with Gasteiger partial charge in [0, 0.05) is 11.6 Å². The molecule has 1 aromatic heterocycles. The highest BCUT2D eigenvalue weighted by Crippen LogP contribution is 2.28. The van der Waals surface area contributed by atoms with E-state index in [1.54, 1.807) is 19.9 Å². The van der Waals surface area contributed by atoms with E-state index in [2.05, 4.69) is 14.4 Å². The molecule has 0 fully saturated rings. The van der Waals surface area contributed by atoms with Gasteiger partial charge in [0.25, 0.3) is 10.0 Å². The standard InChI is InChI=1S/C11H15N3O3S/c1-8-3-5-11(2,12)7-9(8)18(15,16)14-10-4-6-17-13-10/h3-4,6-7H,5,12H2,1-2H3,(H,13,14). The summed E-state index contributed by atoms with van der Waals surface area (Å²) < 4.78 is 31.3. The average Bonchev–Trinajstić information content (AvgIpc) is 2.73. The maximum Gasteiger partial charge on any atom is 0.263 e. The fraction of sp³-hybridized carbons (Fsp3) is 0.364. The van der Waals surface area contributed by atoms with E-state index in [1.807, 2.05) is 6.08 Å². The van der Waals surface area contributed by atoms with Crippen LogP contribution in [0.1, 0.15) is 20.3 Å². The Labute approximate surface area is 106 Å². The first-order chi connectivity index (χ1) is 8.30. The molecule has 0 spiro atoms. The summed E-state index contributed by atoms with van der Waals surface area (Å²) in [4.78, 5) is 0.182. The molecule has 18 heavy (non-hydrogen) atoms. The van der Waals surface area contributed by atoms with Crippen LogP contribution in [0, 0.1) is 0 Å². The maximum absolute atomic E-state index is 12.2. The first-order valence-corrected chi connectivity index (χ1v) is 6.91. The molecule has 1 aromatic rings. The van der Waals surface area contributed by atoms with Crippen LogP contribution in [-0.2, 0) is 10.0 Å². The van der Waals surface area contributed by atoms with Gasteiger partial charge in [0.05, 0.1) is 4.91 Å². The number of aromatic nitrogens is 1. The van der Waals surface area contributed by atoms with E-state index >= 15 is 0 Å². The van der Waals surface area contributed by atoms with Crippen molar-refractivity contribution in [3.63, 3.8) is 0 Å². The highest BCUT2D eigenvalue weighted by molar-refractivity contribution is 7.96. The predicted octanol–water partition coefficient (Wildman–Crippen LogP) is 1.37. The van der Waals surface area contributed by atoms with Crippen molar-refractivity contribution in [1.29, 1.82) is 0 Å². The lowest BCUT2D eigenvalue weighted by molar-refractivity contribution is 0.423. The maximum atomic E-state index is 12.2. The minimum atomic E-state index is -3.69. The molecule has 0 bridgehead atoms. The molecule has 7 heteroatoms. The Bertz CT molecular complexity index is 597. The largest absolute Gasteiger partial charge is 0.363 e. The van der Waals surface area contributed by atoms with E-state index in [4.69, 9.17) is 5.73 Å². The first kappa shape index (κ1) is 12.8. The fourth-order valence-corrected chi connectivity index (χ4v) is 3.12. The molecule has 2 rings (SSSR count). The molecule has 0 saturated carbocycles. The van der Waals surface area contributed by atoms with Crippen LogP contribution in [-0.4, -0.2) is 19.1 Å². The van der Waals surface area contributed by atoms with E-state index in [1.165, 1.54) is 12.3 Å². The van der Waals surface area contributed by atoms with Crippen molar-refractivity contribution in [3.8, 4) is 0 Å². The molecule has 6 nitrogen and oxygen atoms in total. The zero-order chi connectivity index (χ0) is 13.4. The number of nitrogens with two attached hydrogens (primary N) is 1. The molecule has 0 aliphatic heterocycles. The molecule has 1 aliphatic carbocycles. The van der Waals surface area contributed by atoms with Crippen molar-refractivity contribution in [1.82, 2.24) is 5.16 Å². The number of nitrogens with zero attached hydrogens (tertiary/aromatic N) is 1. The van der Waals surface area contributed by atoms with Gasteiger partial charge in [0.1, 0.15) is 6.26 Å². The van der Waals surface area contributed by atoms with Crippen LogP contribution in [0.4, 0.5) is 5.82 Å². The van der Waals surface area contributed by atoms with E-state index in [-0.39, 0.29) is 10.7 Å². The van der Waals surface area contributed by atoms with Gasteiger partial charge in [-0.25, -0.2) is 8.42 Å². The predicted molar refractivity (Wildman–Crippen MR) is 68.1 cm³/mol. The molecule has 0 radical (unpaired) electrons. The second kappa shape index (κ2) is 4.25. The van der Waals surface area contributed by atoms with E-state index in [0.29, 0.717) is 12.0 Å². The van der Waals surface area contributed by atoms with E-state index in [9.17, 15) is 8.42 Å². The van der Waals surface area contributed by atoms with Gasteiger partial charge in [0.2, 0.25) is 0 Å². The van der Waals surface area contributed by atoms with Crippen LogP contribution in [0.15, 0.2) is 39.5 Å². The van der Waals surface area contributed by atoms with Gasteiger partial charge in [-0.05, 0) is 31.9 Å². The van der Waals surface area contributed by atoms with E-state index in [0.717, 1.165) is 0 Å². The molecule has 1 unspecified atom stereocenters. The lowest BCUT2D eigenvalue weighted by atomic mass is 9.92. The normalized spacial score (nSPS) is 24.4. The SMILES string of the molecule is CC1=CCC(C)(N)C=C1S(=O)(=O)Nc1ccon1. The number of hydrogen-bond acceptors (Lipinski definition) is 5. The summed E-state index contributed by atoms with van der Waals surface area (Å²) in [5.74, 6) is 0.146. The van der Waals surface area contributed by atoms with Crippen LogP contribution in [0.2, 0.25) is 0 Å². The van der Waals surface area contributed by atoms with Gasteiger partial charge in [-0.1, -0.05) is 11.2 Å². The highest BCUT2D eigenvalue weighted by atomic mass is 32.2. The molecule has 1 atom stereocenters. The number of hydrogen-bond donors (Lipinski definition) is 2. The quantitative estimate of drug-likeness (QED) is 0.863. The minimum Gasteiger partial charge on any atom is -0.363 e. The van der Waals surface area contributed by atoms with Crippen molar-refractivity contribution >= 4 is 15.8 Å². The molecular weight excluding hydrogens is 254 g/mol. The molecule has 98 valence electrons. The summed E-state index contributed by atoms with van der Waals surface area (Å²) in [5.41, 5.74) is 5.97. The molecular formula is C11H15N3O3S. The monoisotopic (exact) mass is 269 g/mol. The third-order valence-electron chi connectivity index (χ3n) is 2.66. The summed E-state index contributed by atoms with van der Waals surface area (Å²) in [5, 5.41) is 3.51. The van der Waals surface area contributed by atoms with Gasteiger partial charge >= 0.3 is 0 Å². The Morgan fingerprint density at radius 1 is 1.56 bits per heavy atom. The smallest absolute Gasteiger partial charge is 0.263 e. The van der Waals surface area contributed by atoms with Crippen molar-refractivity contribution in [2.45, 2.75) is 25.8 Å². The summed E-state index contributed by atoms with van der Waals surface area (Å²) in [7, 11) is -3.69. The van der Waals surface area contributed by atoms with Gasteiger partial charge in [-0.15, -0.1) is 0 Å². The number of rotatable bonds is 3. The Balaban J connectivity index is 2.35. The number of anilines is 1. The second-order valence-electron chi connectivity index (χ2n) is 4.60. The fourth-order valence-electron chi connectivity index (χ4n) is 1.69. The van der Waals surface area contributed by atoms with Crippen LogP contribution in [0.5, 0.6) is 0 Å². The second-order valence-corrected chi connectivity index (χ2v) is 6.25. The lowest BCUT2D eigenvalue weighted by Crippen LogP contribution is -2.36. The molecule has 0 aromatic carbocycles. The van der Waals surface area contributed by atoms with Crippen molar-refractivity contribution in [2.24, 2.45) is 5.73 Å². The molecule has 3 N–H and O–H groups in total. The number of allylic oxidation sites excluding steroid dienone is 1. The van der Waals surface area contributed by atoms with E-state index < -0.39 is 15.6 Å². The lowest BCUT2D eigenvalue weighted by Gasteiger charge is -2.25. The van der Waals surface area contributed by atoms with Gasteiger partial charge in [-0.3, -0.25) is 4.72 Å². The summed E-state index contributed by atoms with van der Waals surface area (Å²) >= 11 is 0. The Kier molecular flexibility index (Phi) is 3.04. The minimum absolute atomic E-state index is 0.146. The van der Waals surface area contributed by atoms with Crippen molar-refractivity contribution < 1.29 is 12.9 Å². The Morgan fingerprint density at radius 3 is 2.89 bits per heavy atom. The third-order valence-corrected chi connectivity index (χ3v) is 4.16. The Morgan fingerprint density at radius 2 is 2.28 bits per heavy atom. The molecule has 0 saturated heterocycles. The van der Waals surface area contributed by atoms with Crippen LogP contribution in [0.25, 0.3) is 0 Å². The van der Waals surface area contributed by atoms with Gasteiger partial charge in [-0.2, -0.15) is 0 Å². The topological polar surface area (TPSA) is 98.2 Å². The van der Waals surface area contributed by atoms with Crippen LogP contribution in [0.3, 0.4) is 0 Å². The zero-order valence-corrected chi connectivity index (χ0v) is 11.0. The van der Waals surface area contributed by atoms with Gasteiger partial charge in [0.15, 0.2) is 5.82 Å². The molecule has 1 aliphatic rings.